The Morgan fingerprint density at radius 3 is 2.55 bits per heavy atom. The minimum Gasteiger partial charge on any atom is -0.341 e. The van der Waals surface area contributed by atoms with Crippen molar-refractivity contribution in [2.45, 2.75) is 51.6 Å². The van der Waals surface area contributed by atoms with E-state index in [1.54, 1.807) is 11.8 Å². The van der Waals surface area contributed by atoms with E-state index in [-0.39, 0.29) is 36.0 Å². The van der Waals surface area contributed by atoms with E-state index in [0.717, 1.165) is 19.3 Å². The summed E-state index contributed by atoms with van der Waals surface area (Å²) >= 11 is 0. The summed E-state index contributed by atoms with van der Waals surface area (Å²) in [7, 11) is 0. The molecule has 2 heterocycles. The van der Waals surface area contributed by atoms with E-state index in [9.17, 15) is 19.7 Å². The third-order valence-corrected chi connectivity index (χ3v) is 5.95. The van der Waals surface area contributed by atoms with Gasteiger partial charge in [-0.2, -0.15) is 0 Å². The first-order valence-corrected chi connectivity index (χ1v) is 9.90. The molecule has 0 aliphatic carbocycles. The van der Waals surface area contributed by atoms with E-state index >= 15 is 0 Å². The lowest BCUT2D eigenvalue weighted by Gasteiger charge is -2.37. The number of amides is 2. The highest BCUT2D eigenvalue weighted by atomic mass is 35.5. The van der Waals surface area contributed by atoms with Crippen molar-refractivity contribution in [1.82, 2.24) is 9.80 Å². The predicted octanol–water partition coefficient (Wildman–Crippen LogP) is 2.52. The number of carbonyl (C=O) groups is 2. The molecule has 3 rings (SSSR count). The van der Waals surface area contributed by atoms with Gasteiger partial charge in [0.25, 0.3) is 11.6 Å². The van der Waals surface area contributed by atoms with Gasteiger partial charge in [0, 0.05) is 42.9 Å². The minimum atomic E-state index is -0.463. The molecule has 2 saturated heterocycles. The van der Waals surface area contributed by atoms with E-state index in [2.05, 4.69) is 0 Å². The molecule has 0 radical (unpaired) electrons. The van der Waals surface area contributed by atoms with Gasteiger partial charge in [-0.1, -0.05) is 0 Å². The number of rotatable bonds is 4. The number of likely N-dealkylation sites (tertiary alicyclic amines) is 2. The van der Waals surface area contributed by atoms with Crippen LogP contribution in [0.1, 0.15) is 48.5 Å². The molecular formula is C20H29ClN4O4. The Kier molecular flexibility index (Phi) is 7.60. The Bertz CT molecular complexity index is 786. The topological polar surface area (TPSA) is 110 Å². The Balaban J connectivity index is 0.00000300. The van der Waals surface area contributed by atoms with Crippen LogP contribution in [-0.4, -0.2) is 58.3 Å². The molecule has 9 heteroatoms. The van der Waals surface area contributed by atoms with Crippen molar-refractivity contribution in [3.63, 3.8) is 0 Å². The van der Waals surface area contributed by atoms with Crippen molar-refractivity contribution >= 4 is 29.9 Å². The summed E-state index contributed by atoms with van der Waals surface area (Å²) in [6.07, 6.45) is 3.38. The van der Waals surface area contributed by atoms with Crippen LogP contribution in [0.4, 0.5) is 5.69 Å². The van der Waals surface area contributed by atoms with Crippen molar-refractivity contribution in [1.29, 1.82) is 0 Å². The molecule has 0 bridgehead atoms. The average molecular weight is 425 g/mol. The van der Waals surface area contributed by atoms with Crippen LogP contribution in [0.5, 0.6) is 0 Å². The van der Waals surface area contributed by atoms with Gasteiger partial charge in [-0.05, 0) is 57.6 Å². The molecule has 3 atom stereocenters. The van der Waals surface area contributed by atoms with Crippen LogP contribution in [0.2, 0.25) is 0 Å². The fourth-order valence-corrected chi connectivity index (χ4v) is 4.28. The average Bonchev–Trinajstić information content (AvgIpc) is 3.16. The molecule has 1 aromatic carbocycles. The van der Waals surface area contributed by atoms with Crippen LogP contribution >= 0.6 is 12.4 Å². The number of hydrogen-bond donors (Lipinski definition) is 1. The summed E-state index contributed by atoms with van der Waals surface area (Å²) in [5.41, 5.74) is 6.84. The first-order valence-electron chi connectivity index (χ1n) is 9.90. The molecule has 2 aliphatic heterocycles. The van der Waals surface area contributed by atoms with Gasteiger partial charge in [0.1, 0.15) is 6.04 Å². The van der Waals surface area contributed by atoms with Gasteiger partial charge in [-0.25, -0.2) is 0 Å². The van der Waals surface area contributed by atoms with Crippen molar-refractivity contribution in [2.24, 2.45) is 11.7 Å². The number of nitrogens with two attached hydrogens (primary N) is 1. The first kappa shape index (κ1) is 23.1. The molecule has 0 saturated carbocycles. The Morgan fingerprint density at radius 1 is 1.24 bits per heavy atom. The van der Waals surface area contributed by atoms with Gasteiger partial charge in [0.2, 0.25) is 5.91 Å². The normalized spacial score (nSPS) is 22.7. The monoisotopic (exact) mass is 424 g/mol. The van der Waals surface area contributed by atoms with E-state index in [0.29, 0.717) is 43.1 Å². The van der Waals surface area contributed by atoms with Crippen molar-refractivity contribution in [2.75, 3.05) is 19.6 Å². The highest BCUT2D eigenvalue weighted by Crippen LogP contribution is 2.27. The molecule has 8 nitrogen and oxygen atoms in total. The van der Waals surface area contributed by atoms with Gasteiger partial charge in [0.05, 0.1) is 4.92 Å². The predicted molar refractivity (Wildman–Crippen MR) is 112 cm³/mol. The van der Waals surface area contributed by atoms with Crippen LogP contribution in [0.25, 0.3) is 0 Å². The highest BCUT2D eigenvalue weighted by Gasteiger charge is 2.38. The number of nitro benzene ring substituents is 1. The van der Waals surface area contributed by atoms with Crippen molar-refractivity contribution in [3.05, 3.63) is 39.4 Å². The van der Waals surface area contributed by atoms with Gasteiger partial charge in [-0.15, -0.1) is 12.4 Å². The molecule has 2 amide bonds. The summed E-state index contributed by atoms with van der Waals surface area (Å²) in [6.45, 7) is 5.46. The summed E-state index contributed by atoms with van der Waals surface area (Å²) in [5, 5.41) is 11.0. The molecule has 0 spiro atoms. The zero-order valence-electron chi connectivity index (χ0n) is 16.9. The Labute approximate surface area is 177 Å². The fraction of sp³-hybridized carbons (Fsp3) is 0.600. The number of piperidine rings is 1. The number of halogens is 1. The SMILES string of the molecule is Cc1cc(C(=O)N2CCCC2C(=O)N2CCCC(C(C)N)C2)ccc1[N+](=O)[O-].Cl. The molecule has 2 aliphatic rings. The number of hydrogen-bond acceptors (Lipinski definition) is 5. The number of nitro groups is 1. The van der Waals surface area contributed by atoms with E-state index in [4.69, 9.17) is 5.73 Å². The number of nitrogens with zero attached hydrogens (tertiary/aromatic N) is 3. The van der Waals surface area contributed by atoms with E-state index in [1.807, 2.05) is 11.8 Å². The molecule has 2 fully saturated rings. The van der Waals surface area contributed by atoms with Crippen LogP contribution in [0, 0.1) is 23.0 Å². The van der Waals surface area contributed by atoms with Crippen LogP contribution in [0.3, 0.4) is 0 Å². The van der Waals surface area contributed by atoms with Gasteiger partial charge >= 0.3 is 0 Å². The molecular weight excluding hydrogens is 396 g/mol. The molecule has 1 aromatic rings. The third kappa shape index (κ3) is 4.87. The molecule has 3 unspecified atom stereocenters. The molecule has 2 N–H and O–H groups in total. The van der Waals surface area contributed by atoms with Gasteiger partial charge in [0.15, 0.2) is 0 Å². The molecule has 0 aromatic heterocycles. The lowest BCUT2D eigenvalue weighted by atomic mass is 9.91. The third-order valence-electron chi connectivity index (χ3n) is 5.95. The van der Waals surface area contributed by atoms with Crippen LogP contribution in [-0.2, 0) is 4.79 Å². The lowest BCUT2D eigenvalue weighted by molar-refractivity contribution is -0.385. The molecule has 29 heavy (non-hydrogen) atoms. The summed E-state index contributed by atoms with van der Waals surface area (Å²) < 4.78 is 0. The van der Waals surface area contributed by atoms with Gasteiger partial charge < -0.3 is 15.5 Å². The number of carbonyl (C=O) groups excluding carboxylic acids is 2. The molecule has 160 valence electrons. The second kappa shape index (κ2) is 9.54. The summed E-state index contributed by atoms with van der Waals surface area (Å²) in [5.74, 6) is 0.0463. The Morgan fingerprint density at radius 2 is 1.93 bits per heavy atom. The minimum absolute atomic E-state index is 0. The van der Waals surface area contributed by atoms with Crippen molar-refractivity contribution in [3.8, 4) is 0 Å². The quantitative estimate of drug-likeness (QED) is 0.589. The van der Waals surface area contributed by atoms with Gasteiger partial charge in [-0.3, -0.25) is 19.7 Å². The van der Waals surface area contributed by atoms with Crippen molar-refractivity contribution < 1.29 is 14.5 Å². The van der Waals surface area contributed by atoms with Crippen LogP contribution in [0.15, 0.2) is 18.2 Å². The largest absolute Gasteiger partial charge is 0.341 e. The van der Waals surface area contributed by atoms with E-state index in [1.165, 1.54) is 18.2 Å². The zero-order chi connectivity index (χ0) is 20.4. The first-order chi connectivity index (χ1) is 13.3. The maximum atomic E-state index is 13.1. The standard InChI is InChI=1S/C20H28N4O4.ClH/c1-13-11-15(7-8-17(13)24(27)28)19(25)23-10-4-6-18(23)20(26)22-9-3-5-16(12-22)14(2)21;/h7-8,11,14,16,18H,3-6,9-10,12,21H2,1-2H3;1H. The number of aryl methyl sites for hydroxylation is 1. The maximum absolute atomic E-state index is 13.1. The smallest absolute Gasteiger partial charge is 0.272 e. The maximum Gasteiger partial charge on any atom is 0.272 e. The summed E-state index contributed by atoms with van der Waals surface area (Å²) in [6, 6.07) is 3.94. The lowest BCUT2D eigenvalue weighted by Crippen LogP contribution is -2.52. The second-order valence-corrected chi connectivity index (χ2v) is 7.96. The summed E-state index contributed by atoms with van der Waals surface area (Å²) in [4.78, 5) is 40.2. The number of benzene rings is 1. The second-order valence-electron chi connectivity index (χ2n) is 7.96. The van der Waals surface area contributed by atoms with E-state index < -0.39 is 11.0 Å². The zero-order valence-corrected chi connectivity index (χ0v) is 17.7. The fourth-order valence-electron chi connectivity index (χ4n) is 4.28. The highest BCUT2D eigenvalue weighted by molar-refractivity contribution is 5.98. The van der Waals surface area contributed by atoms with Crippen LogP contribution < -0.4 is 5.73 Å². The Hall–Kier alpha value is -2.19.